The highest BCUT2D eigenvalue weighted by atomic mass is 35.5. The molecule has 5 heteroatoms. The van der Waals surface area contributed by atoms with Crippen LogP contribution in [0.4, 0.5) is 0 Å². The average Bonchev–Trinajstić information content (AvgIpc) is 2.53. The first-order valence-corrected chi connectivity index (χ1v) is 7.21. The molecular formula is C16H19ClN2O2. The normalized spacial score (nSPS) is 10.4. The Morgan fingerprint density at radius 3 is 2.67 bits per heavy atom. The topological polar surface area (TPSA) is 43.4 Å². The zero-order valence-corrected chi connectivity index (χ0v) is 13.0. The first-order valence-electron chi connectivity index (χ1n) is 6.83. The fourth-order valence-electron chi connectivity index (χ4n) is 1.81. The van der Waals surface area contributed by atoms with Crippen molar-refractivity contribution in [3.05, 3.63) is 52.7 Å². The van der Waals surface area contributed by atoms with Crippen molar-refractivity contribution in [2.45, 2.75) is 20.1 Å². The SMILES string of the molecule is CCNCc1cc(OCc2ccc(OC)cc2)ncc1Cl. The minimum atomic E-state index is 0.458. The summed E-state index contributed by atoms with van der Waals surface area (Å²) in [6.45, 7) is 4.10. The molecule has 0 radical (unpaired) electrons. The Kier molecular flexibility index (Phi) is 5.84. The van der Waals surface area contributed by atoms with Crippen molar-refractivity contribution < 1.29 is 9.47 Å². The highest BCUT2D eigenvalue weighted by Crippen LogP contribution is 2.20. The van der Waals surface area contributed by atoms with Gasteiger partial charge >= 0.3 is 0 Å². The number of methoxy groups -OCH3 is 1. The summed E-state index contributed by atoms with van der Waals surface area (Å²) in [6, 6.07) is 9.62. The predicted molar refractivity (Wildman–Crippen MR) is 84.0 cm³/mol. The molecule has 0 aliphatic rings. The van der Waals surface area contributed by atoms with Crippen LogP contribution in [0, 0.1) is 0 Å². The van der Waals surface area contributed by atoms with Crippen molar-refractivity contribution in [1.82, 2.24) is 10.3 Å². The van der Waals surface area contributed by atoms with Crippen molar-refractivity contribution in [3.8, 4) is 11.6 Å². The number of hydrogen-bond acceptors (Lipinski definition) is 4. The molecule has 4 nitrogen and oxygen atoms in total. The quantitative estimate of drug-likeness (QED) is 0.851. The van der Waals surface area contributed by atoms with Crippen LogP contribution in [-0.2, 0) is 13.2 Å². The molecule has 0 aliphatic heterocycles. The molecule has 1 heterocycles. The Balaban J connectivity index is 1.98. The van der Waals surface area contributed by atoms with Gasteiger partial charge in [0.05, 0.1) is 12.1 Å². The van der Waals surface area contributed by atoms with Crippen LogP contribution in [0.15, 0.2) is 36.5 Å². The number of rotatable bonds is 7. The van der Waals surface area contributed by atoms with E-state index in [0.29, 0.717) is 24.1 Å². The fraction of sp³-hybridized carbons (Fsp3) is 0.312. The minimum Gasteiger partial charge on any atom is -0.497 e. The fourth-order valence-corrected chi connectivity index (χ4v) is 1.98. The molecule has 0 bridgehead atoms. The van der Waals surface area contributed by atoms with Gasteiger partial charge in [-0.2, -0.15) is 0 Å². The molecule has 0 fully saturated rings. The molecule has 1 aromatic heterocycles. The van der Waals surface area contributed by atoms with Gasteiger partial charge in [0, 0.05) is 18.8 Å². The maximum absolute atomic E-state index is 6.11. The summed E-state index contributed by atoms with van der Waals surface area (Å²) in [5.41, 5.74) is 2.04. The largest absolute Gasteiger partial charge is 0.497 e. The number of ether oxygens (including phenoxy) is 2. The molecule has 0 saturated heterocycles. The van der Waals surface area contributed by atoms with E-state index in [1.54, 1.807) is 13.3 Å². The maximum atomic E-state index is 6.11. The van der Waals surface area contributed by atoms with Gasteiger partial charge in [0.2, 0.25) is 5.88 Å². The molecule has 1 aromatic carbocycles. The zero-order chi connectivity index (χ0) is 15.1. The van der Waals surface area contributed by atoms with E-state index in [9.17, 15) is 0 Å². The Labute approximate surface area is 130 Å². The van der Waals surface area contributed by atoms with Gasteiger partial charge < -0.3 is 14.8 Å². The van der Waals surface area contributed by atoms with Gasteiger partial charge in [-0.05, 0) is 29.8 Å². The van der Waals surface area contributed by atoms with Crippen molar-refractivity contribution in [3.63, 3.8) is 0 Å². The Bertz CT molecular complexity index is 573. The Morgan fingerprint density at radius 2 is 2.00 bits per heavy atom. The lowest BCUT2D eigenvalue weighted by Crippen LogP contribution is -2.12. The van der Waals surface area contributed by atoms with Gasteiger partial charge in [0.25, 0.3) is 0 Å². The molecule has 2 aromatic rings. The average molecular weight is 307 g/mol. The number of hydrogen-bond donors (Lipinski definition) is 1. The van der Waals surface area contributed by atoms with Crippen LogP contribution in [-0.4, -0.2) is 18.6 Å². The Morgan fingerprint density at radius 1 is 1.24 bits per heavy atom. The first-order chi connectivity index (χ1) is 10.2. The van der Waals surface area contributed by atoms with E-state index < -0.39 is 0 Å². The highest BCUT2D eigenvalue weighted by molar-refractivity contribution is 6.31. The lowest BCUT2D eigenvalue weighted by Gasteiger charge is -2.09. The van der Waals surface area contributed by atoms with Gasteiger partial charge in [-0.3, -0.25) is 0 Å². The third-order valence-electron chi connectivity index (χ3n) is 3.02. The van der Waals surface area contributed by atoms with E-state index in [-0.39, 0.29) is 0 Å². The predicted octanol–water partition coefficient (Wildman–Crippen LogP) is 3.43. The minimum absolute atomic E-state index is 0.458. The summed E-state index contributed by atoms with van der Waals surface area (Å²) in [5.74, 6) is 1.40. The number of nitrogens with one attached hydrogen (secondary N) is 1. The number of halogens is 1. The van der Waals surface area contributed by atoms with E-state index >= 15 is 0 Å². The van der Waals surface area contributed by atoms with Crippen molar-refractivity contribution >= 4 is 11.6 Å². The van der Waals surface area contributed by atoms with E-state index in [1.807, 2.05) is 30.3 Å². The number of benzene rings is 1. The van der Waals surface area contributed by atoms with Crippen molar-refractivity contribution in [2.24, 2.45) is 0 Å². The molecule has 0 aliphatic carbocycles. The lowest BCUT2D eigenvalue weighted by molar-refractivity contribution is 0.293. The first kappa shape index (κ1) is 15.6. The zero-order valence-electron chi connectivity index (χ0n) is 12.2. The third kappa shape index (κ3) is 4.62. The highest BCUT2D eigenvalue weighted by Gasteiger charge is 2.04. The third-order valence-corrected chi connectivity index (χ3v) is 3.36. The van der Waals surface area contributed by atoms with Crippen LogP contribution >= 0.6 is 11.6 Å². The summed E-state index contributed by atoms with van der Waals surface area (Å²) in [5, 5.41) is 3.88. The number of pyridine rings is 1. The van der Waals surface area contributed by atoms with E-state index in [1.165, 1.54) is 0 Å². The molecule has 1 N–H and O–H groups in total. The number of nitrogens with zero attached hydrogens (tertiary/aromatic N) is 1. The lowest BCUT2D eigenvalue weighted by atomic mass is 10.2. The molecule has 0 saturated carbocycles. The molecule has 0 amide bonds. The smallest absolute Gasteiger partial charge is 0.213 e. The van der Waals surface area contributed by atoms with Gasteiger partial charge in [-0.1, -0.05) is 30.7 Å². The summed E-state index contributed by atoms with van der Waals surface area (Å²) in [6.07, 6.45) is 1.62. The van der Waals surface area contributed by atoms with Crippen molar-refractivity contribution in [2.75, 3.05) is 13.7 Å². The second-order valence-corrected chi connectivity index (χ2v) is 4.94. The van der Waals surface area contributed by atoms with Gasteiger partial charge in [0.1, 0.15) is 12.4 Å². The monoisotopic (exact) mass is 306 g/mol. The van der Waals surface area contributed by atoms with Crippen LogP contribution in [0.3, 0.4) is 0 Å². The summed E-state index contributed by atoms with van der Waals surface area (Å²) < 4.78 is 10.8. The molecule has 112 valence electrons. The van der Waals surface area contributed by atoms with E-state index in [0.717, 1.165) is 23.4 Å². The van der Waals surface area contributed by atoms with Crippen LogP contribution < -0.4 is 14.8 Å². The molecular weight excluding hydrogens is 288 g/mol. The molecule has 21 heavy (non-hydrogen) atoms. The van der Waals surface area contributed by atoms with Crippen LogP contribution in [0.25, 0.3) is 0 Å². The van der Waals surface area contributed by atoms with Gasteiger partial charge in [-0.15, -0.1) is 0 Å². The molecule has 0 unspecified atom stereocenters. The second-order valence-electron chi connectivity index (χ2n) is 4.53. The van der Waals surface area contributed by atoms with Crippen LogP contribution in [0.1, 0.15) is 18.1 Å². The molecule has 0 atom stereocenters. The standard InChI is InChI=1S/C16H19ClN2O2/c1-3-18-9-13-8-16(19-10-15(13)17)21-11-12-4-6-14(20-2)7-5-12/h4-8,10,18H,3,9,11H2,1-2H3. The summed E-state index contributed by atoms with van der Waals surface area (Å²) >= 11 is 6.11. The number of aromatic nitrogens is 1. The van der Waals surface area contributed by atoms with E-state index in [2.05, 4.69) is 17.2 Å². The van der Waals surface area contributed by atoms with Gasteiger partial charge in [-0.25, -0.2) is 4.98 Å². The molecule has 0 spiro atoms. The van der Waals surface area contributed by atoms with Gasteiger partial charge in [0.15, 0.2) is 0 Å². The Hall–Kier alpha value is -1.78. The second kappa shape index (κ2) is 7.86. The van der Waals surface area contributed by atoms with E-state index in [4.69, 9.17) is 21.1 Å². The molecule has 2 rings (SSSR count). The van der Waals surface area contributed by atoms with Crippen LogP contribution in [0.5, 0.6) is 11.6 Å². The maximum Gasteiger partial charge on any atom is 0.213 e. The van der Waals surface area contributed by atoms with Crippen molar-refractivity contribution in [1.29, 1.82) is 0 Å². The summed E-state index contributed by atoms with van der Waals surface area (Å²) in [7, 11) is 1.65. The van der Waals surface area contributed by atoms with Crippen LogP contribution in [0.2, 0.25) is 5.02 Å². The summed E-state index contributed by atoms with van der Waals surface area (Å²) in [4.78, 5) is 4.19.